The standard InChI is InChI=1S/C16H19N4O3/c1-19(21)15-7-3-13(4-8-15)17-11-2-12-18-14-5-9-16(10-6-14)20(22)23/h3-10,17-18H,2,11-12H2,1H3/q-1. The smallest absolute Gasteiger partial charge is 0.269 e. The Bertz CT molecular complexity index is 627. The van der Waals surface area contributed by atoms with Gasteiger partial charge in [0, 0.05) is 42.3 Å². The minimum atomic E-state index is -0.413. The Morgan fingerprint density at radius 1 is 0.957 bits per heavy atom. The Morgan fingerprint density at radius 2 is 1.43 bits per heavy atom. The van der Waals surface area contributed by atoms with Crippen molar-refractivity contribution in [2.45, 2.75) is 6.42 Å². The SMILES string of the molecule is CN([O-])c1ccc(NCCCNc2ccc([N+](=O)[O-])cc2)cc1. The van der Waals surface area contributed by atoms with Gasteiger partial charge in [-0.05, 0) is 49.9 Å². The maximum absolute atomic E-state index is 11.1. The third-order valence-corrected chi connectivity index (χ3v) is 3.32. The minimum Gasteiger partial charge on any atom is -0.758 e. The maximum Gasteiger partial charge on any atom is 0.269 e. The van der Waals surface area contributed by atoms with Crippen LogP contribution in [0, 0.1) is 15.3 Å². The Hall–Kier alpha value is -2.80. The molecule has 0 saturated heterocycles. The first-order valence-corrected chi connectivity index (χ1v) is 7.29. The summed E-state index contributed by atoms with van der Waals surface area (Å²) in [7, 11) is 1.46. The molecule has 0 fully saturated rings. The molecule has 0 heterocycles. The summed E-state index contributed by atoms with van der Waals surface area (Å²) in [5.41, 5.74) is 2.53. The van der Waals surface area contributed by atoms with Crippen LogP contribution in [0.3, 0.4) is 0 Å². The summed E-state index contributed by atoms with van der Waals surface area (Å²) in [5, 5.41) is 29.0. The van der Waals surface area contributed by atoms with Gasteiger partial charge in [0.15, 0.2) is 0 Å². The van der Waals surface area contributed by atoms with E-state index >= 15 is 0 Å². The zero-order chi connectivity index (χ0) is 16.7. The molecule has 23 heavy (non-hydrogen) atoms. The molecule has 7 nitrogen and oxygen atoms in total. The predicted molar refractivity (Wildman–Crippen MR) is 92.9 cm³/mol. The molecule has 0 aliphatic carbocycles. The molecule has 2 aromatic carbocycles. The average Bonchev–Trinajstić information content (AvgIpc) is 2.55. The molecular formula is C16H19N4O3-. The second-order valence-corrected chi connectivity index (χ2v) is 5.06. The van der Waals surface area contributed by atoms with Crippen molar-refractivity contribution in [3.63, 3.8) is 0 Å². The second kappa shape index (κ2) is 8.00. The van der Waals surface area contributed by atoms with Crippen molar-refractivity contribution < 1.29 is 4.92 Å². The predicted octanol–water partition coefficient (Wildman–Crippen LogP) is 3.44. The van der Waals surface area contributed by atoms with E-state index in [4.69, 9.17) is 0 Å². The fraction of sp³-hybridized carbons (Fsp3) is 0.250. The summed E-state index contributed by atoms with van der Waals surface area (Å²) >= 11 is 0. The normalized spacial score (nSPS) is 10.2. The number of benzene rings is 2. The van der Waals surface area contributed by atoms with Crippen LogP contribution in [0.4, 0.5) is 22.7 Å². The van der Waals surface area contributed by atoms with Gasteiger partial charge in [-0.15, -0.1) is 0 Å². The number of non-ortho nitro benzene ring substituents is 1. The molecule has 7 heteroatoms. The van der Waals surface area contributed by atoms with Gasteiger partial charge in [-0.2, -0.15) is 0 Å². The highest BCUT2D eigenvalue weighted by Crippen LogP contribution is 2.16. The molecule has 0 saturated carbocycles. The van der Waals surface area contributed by atoms with E-state index in [1.54, 1.807) is 24.3 Å². The van der Waals surface area contributed by atoms with Crippen LogP contribution in [-0.4, -0.2) is 25.1 Å². The van der Waals surface area contributed by atoms with Crippen LogP contribution in [0.25, 0.3) is 0 Å². The molecule has 2 rings (SSSR count). The molecule has 0 unspecified atom stereocenters. The van der Waals surface area contributed by atoms with Crippen LogP contribution in [0.1, 0.15) is 6.42 Å². The fourth-order valence-corrected chi connectivity index (χ4v) is 2.04. The van der Waals surface area contributed by atoms with Gasteiger partial charge in [-0.3, -0.25) is 10.1 Å². The number of nitrogens with zero attached hydrogens (tertiary/aromatic N) is 2. The fourth-order valence-electron chi connectivity index (χ4n) is 2.04. The Kier molecular flexibility index (Phi) is 5.76. The van der Waals surface area contributed by atoms with Crippen molar-refractivity contribution in [3.05, 3.63) is 63.9 Å². The van der Waals surface area contributed by atoms with Gasteiger partial charge >= 0.3 is 0 Å². The molecule has 0 radical (unpaired) electrons. The van der Waals surface area contributed by atoms with Crippen molar-refractivity contribution in [1.82, 2.24) is 0 Å². The molecule has 122 valence electrons. The van der Waals surface area contributed by atoms with Gasteiger partial charge < -0.3 is 20.9 Å². The number of nitro groups is 1. The highest BCUT2D eigenvalue weighted by Gasteiger charge is 2.03. The highest BCUT2D eigenvalue weighted by atomic mass is 16.6. The summed E-state index contributed by atoms with van der Waals surface area (Å²) in [5.74, 6) is 0. The van der Waals surface area contributed by atoms with E-state index in [-0.39, 0.29) is 5.69 Å². The number of nitro benzene ring substituents is 1. The monoisotopic (exact) mass is 315 g/mol. The molecule has 0 aliphatic heterocycles. The van der Waals surface area contributed by atoms with Gasteiger partial charge in [0.25, 0.3) is 5.69 Å². The summed E-state index contributed by atoms with van der Waals surface area (Å²) in [6, 6.07) is 13.6. The summed E-state index contributed by atoms with van der Waals surface area (Å²) in [4.78, 5) is 10.1. The number of hydrogen-bond acceptors (Lipinski definition) is 6. The second-order valence-electron chi connectivity index (χ2n) is 5.06. The number of anilines is 3. The van der Waals surface area contributed by atoms with Crippen molar-refractivity contribution in [2.24, 2.45) is 0 Å². The van der Waals surface area contributed by atoms with Crippen molar-refractivity contribution in [1.29, 1.82) is 0 Å². The van der Waals surface area contributed by atoms with Crippen LogP contribution < -0.4 is 15.7 Å². The zero-order valence-corrected chi connectivity index (χ0v) is 12.9. The minimum absolute atomic E-state index is 0.0874. The Morgan fingerprint density at radius 3 is 1.87 bits per heavy atom. The number of hydroxylamine groups is 1. The van der Waals surface area contributed by atoms with Gasteiger partial charge in [-0.25, -0.2) is 0 Å². The summed E-state index contributed by atoms with van der Waals surface area (Å²) in [6.45, 7) is 1.54. The van der Waals surface area contributed by atoms with E-state index in [1.165, 1.54) is 19.2 Å². The van der Waals surface area contributed by atoms with Crippen LogP contribution in [0.2, 0.25) is 0 Å². The molecule has 0 aliphatic rings. The Balaban J connectivity index is 1.68. The van der Waals surface area contributed by atoms with E-state index in [0.29, 0.717) is 5.69 Å². The number of nitrogens with one attached hydrogen (secondary N) is 2. The quantitative estimate of drug-likeness (QED) is 0.440. The lowest BCUT2D eigenvalue weighted by molar-refractivity contribution is -0.384. The number of rotatable bonds is 8. The lowest BCUT2D eigenvalue weighted by atomic mass is 10.2. The molecule has 0 spiro atoms. The van der Waals surface area contributed by atoms with Crippen molar-refractivity contribution in [2.75, 3.05) is 35.8 Å². The lowest BCUT2D eigenvalue weighted by Gasteiger charge is -2.24. The lowest BCUT2D eigenvalue weighted by Crippen LogP contribution is -2.09. The van der Waals surface area contributed by atoms with Crippen molar-refractivity contribution in [3.8, 4) is 0 Å². The first-order valence-electron chi connectivity index (χ1n) is 7.29. The first kappa shape index (κ1) is 16.6. The molecule has 2 aromatic rings. The summed E-state index contributed by atoms with van der Waals surface area (Å²) < 4.78 is 0. The molecule has 2 N–H and O–H groups in total. The summed E-state index contributed by atoms with van der Waals surface area (Å²) in [6.07, 6.45) is 0.889. The topological polar surface area (TPSA) is 93.5 Å². The van der Waals surface area contributed by atoms with Crippen LogP contribution in [0.5, 0.6) is 0 Å². The Labute approximate surface area is 134 Å². The maximum atomic E-state index is 11.1. The van der Waals surface area contributed by atoms with E-state index in [0.717, 1.165) is 35.9 Å². The van der Waals surface area contributed by atoms with E-state index < -0.39 is 4.92 Å². The molecule has 0 aromatic heterocycles. The third kappa shape index (κ3) is 5.15. The largest absolute Gasteiger partial charge is 0.758 e. The average molecular weight is 315 g/mol. The molecule has 0 bridgehead atoms. The van der Waals surface area contributed by atoms with Gasteiger partial charge in [0.1, 0.15) is 0 Å². The zero-order valence-electron chi connectivity index (χ0n) is 12.9. The third-order valence-electron chi connectivity index (χ3n) is 3.32. The molecule has 0 atom stereocenters. The van der Waals surface area contributed by atoms with Gasteiger partial charge in [-0.1, -0.05) is 0 Å². The van der Waals surface area contributed by atoms with Crippen LogP contribution >= 0.6 is 0 Å². The highest BCUT2D eigenvalue weighted by molar-refractivity contribution is 5.55. The molecular weight excluding hydrogens is 296 g/mol. The van der Waals surface area contributed by atoms with E-state index in [9.17, 15) is 15.3 Å². The first-order chi connectivity index (χ1) is 11.1. The van der Waals surface area contributed by atoms with E-state index in [2.05, 4.69) is 10.6 Å². The van der Waals surface area contributed by atoms with Gasteiger partial charge in [0.2, 0.25) is 0 Å². The van der Waals surface area contributed by atoms with Crippen molar-refractivity contribution >= 4 is 22.7 Å². The van der Waals surface area contributed by atoms with Crippen LogP contribution in [0.15, 0.2) is 48.5 Å². The number of hydrogen-bond donors (Lipinski definition) is 2. The molecule has 0 amide bonds. The van der Waals surface area contributed by atoms with Crippen LogP contribution in [-0.2, 0) is 0 Å². The van der Waals surface area contributed by atoms with E-state index in [1.807, 2.05) is 12.1 Å². The van der Waals surface area contributed by atoms with Gasteiger partial charge in [0.05, 0.1) is 4.92 Å².